The van der Waals surface area contributed by atoms with Crippen LogP contribution in [0.25, 0.3) is 0 Å². The van der Waals surface area contributed by atoms with E-state index in [1.807, 2.05) is 32.9 Å². The number of carbonyl (C=O) groups is 3. The molecule has 0 radical (unpaired) electrons. The maximum atomic E-state index is 12.5. The molecule has 0 aromatic heterocycles. The minimum absolute atomic E-state index is 0.0304. The summed E-state index contributed by atoms with van der Waals surface area (Å²) < 4.78 is 5.43. The monoisotopic (exact) mass is 430 g/mol. The number of carbonyl (C=O) groups excluding carboxylic acids is 3. The Morgan fingerprint density at radius 2 is 1.77 bits per heavy atom. The molecule has 0 atom stereocenters. The van der Waals surface area contributed by atoms with E-state index in [4.69, 9.17) is 4.74 Å². The smallest absolute Gasteiger partial charge is 0.410 e. The summed E-state index contributed by atoms with van der Waals surface area (Å²) in [5.41, 5.74) is 2.12. The summed E-state index contributed by atoms with van der Waals surface area (Å²) in [7, 11) is 0. The van der Waals surface area contributed by atoms with Crippen LogP contribution in [0.15, 0.2) is 18.2 Å². The first kappa shape index (κ1) is 23.1. The van der Waals surface area contributed by atoms with Crippen molar-refractivity contribution in [1.29, 1.82) is 0 Å². The molecule has 2 heterocycles. The molecule has 8 heteroatoms. The van der Waals surface area contributed by atoms with Gasteiger partial charge in [-0.05, 0) is 63.9 Å². The van der Waals surface area contributed by atoms with Gasteiger partial charge in [-0.15, -0.1) is 0 Å². The van der Waals surface area contributed by atoms with E-state index in [2.05, 4.69) is 10.2 Å². The highest BCUT2D eigenvalue weighted by Crippen LogP contribution is 2.28. The van der Waals surface area contributed by atoms with E-state index in [0.29, 0.717) is 31.7 Å². The number of nitrogens with one attached hydrogen (secondary N) is 1. The largest absolute Gasteiger partial charge is 0.444 e. The van der Waals surface area contributed by atoms with Crippen LogP contribution in [0.1, 0.15) is 50.0 Å². The molecule has 0 spiro atoms. The van der Waals surface area contributed by atoms with Crippen molar-refractivity contribution in [1.82, 2.24) is 15.1 Å². The predicted molar refractivity (Wildman–Crippen MR) is 119 cm³/mol. The van der Waals surface area contributed by atoms with Crippen LogP contribution >= 0.6 is 0 Å². The van der Waals surface area contributed by atoms with Crippen LogP contribution < -0.4 is 10.2 Å². The van der Waals surface area contributed by atoms with Crippen molar-refractivity contribution in [2.45, 2.75) is 46.1 Å². The van der Waals surface area contributed by atoms with Crippen LogP contribution in [0.2, 0.25) is 0 Å². The van der Waals surface area contributed by atoms with Crippen LogP contribution in [0.4, 0.5) is 10.5 Å². The highest BCUT2D eigenvalue weighted by atomic mass is 16.6. The molecule has 31 heavy (non-hydrogen) atoms. The molecule has 1 aromatic rings. The lowest BCUT2D eigenvalue weighted by molar-refractivity contribution is -0.116. The summed E-state index contributed by atoms with van der Waals surface area (Å²) in [5.74, 6) is -0.0540. The molecule has 0 bridgehead atoms. The molecular weight excluding hydrogens is 396 g/mol. The maximum absolute atomic E-state index is 12.5. The number of hydrogen-bond donors (Lipinski definition) is 1. The van der Waals surface area contributed by atoms with Gasteiger partial charge in [0.15, 0.2) is 0 Å². The third-order valence-corrected chi connectivity index (χ3v) is 5.58. The SMILES string of the molecule is CC(=O)N1CCc2cc(C(=O)NCCCN3CCN(C(=O)OC(C)(C)C)CC3)ccc21. The molecule has 1 aromatic carbocycles. The van der Waals surface area contributed by atoms with Gasteiger partial charge in [-0.2, -0.15) is 0 Å². The fourth-order valence-electron chi connectivity index (χ4n) is 3.96. The highest BCUT2D eigenvalue weighted by Gasteiger charge is 2.26. The third-order valence-electron chi connectivity index (χ3n) is 5.58. The first-order chi connectivity index (χ1) is 14.6. The van der Waals surface area contributed by atoms with Crippen LogP contribution in [-0.2, 0) is 16.0 Å². The number of nitrogens with zero attached hydrogens (tertiary/aromatic N) is 3. The molecule has 0 aliphatic carbocycles. The standard InChI is InChI=1S/C23H34N4O4/c1-17(28)27-11-8-18-16-19(6-7-20(18)27)21(29)24-9-5-10-25-12-14-26(15-13-25)22(30)31-23(2,3)4/h6-7,16H,5,8-15H2,1-4H3,(H,24,29). The summed E-state index contributed by atoms with van der Waals surface area (Å²) in [6.45, 7) is 12.3. The number of benzene rings is 1. The Morgan fingerprint density at radius 3 is 2.42 bits per heavy atom. The zero-order chi connectivity index (χ0) is 22.6. The maximum Gasteiger partial charge on any atom is 0.410 e. The number of hydrogen-bond acceptors (Lipinski definition) is 5. The van der Waals surface area contributed by atoms with Gasteiger partial charge in [0, 0.05) is 57.4 Å². The number of amides is 3. The molecule has 1 saturated heterocycles. The molecule has 3 rings (SSSR count). The Balaban J connectivity index is 1.37. The lowest BCUT2D eigenvalue weighted by atomic mass is 10.1. The summed E-state index contributed by atoms with van der Waals surface area (Å²) in [6.07, 6.45) is 1.38. The van der Waals surface area contributed by atoms with Crippen molar-refractivity contribution < 1.29 is 19.1 Å². The van der Waals surface area contributed by atoms with Gasteiger partial charge in [0.05, 0.1) is 0 Å². The van der Waals surface area contributed by atoms with Crippen LogP contribution in [0.3, 0.4) is 0 Å². The lowest BCUT2D eigenvalue weighted by Crippen LogP contribution is -2.50. The minimum Gasteiger partial charge on any atom is -0.444 e. The van der Waals surface area contributed by atoms with Crippen molar-refractivity contribution in [3.63, 3.8) is 0 Å². The number of piperazine rings is 1. The van der Waals surface area contributed by atoms with Gasteiger partial charge in [-0.3, -0.25) is 14.5 Å². The van der Waals surface area contributed by atoms with Crippen LogP contribution in [0, 0.1) is 0 Å². The molecule has 0 saturated carbocycles. The van der Waals surface area contributed by atoms with E-state index in [1.54, 1.807) is 22.8 Å². The molecule has 2 aliphatic rings. The normalized spacial score (nSPS) is 16.8. The van der Waals surface area contributed by atoms with Gasteiger partial charge in [0.2, 0.25) is 5.91 Å². The van der Waals surface area contributed by atoms with Crippen LogP contribution in [0.5, 0.6) is 0 Å². The zero-order valence-electron chi connectivity index (χ0n) is 19.1. The molecule has 170 valence electrons. The van der Waals surface area contributed by atoms with Crippen molar-refractivity contribution in [2.24, 2.45) is 0 Å². The Kier molecular flexibility index (Phi) is 7.20. The first-order valence-corrected chi connectivity index (χ1v) is 11.0. The van der Waals surface area contributed by atoms with Gasteiger partial charge in [-0.1, -0.05) is 0 Å². The summed E-state index contributed by atoms with van der Waals surface area (Å²) in [4.78, 5) is 42.1. The third kappa shape index (κ3) is 6.19. The molecule has 3 amide bonds. The molecule has 8 nitrogen and oxygen atoms in total. The average molecular weight is 431 g/mol. The number of anilines is 1. The molecular formula is C23H34N4O4. The van der Waals surface area contributed by atoms with Crippen molar-refractivity contribution in [2.75, 3.05) is 50.7 Å². The van der Waals surface area contributed by atoms with E-state index in [1.165, 1.54) is 0 Å². The molecule has 2 aliphatic heterocycles. The lowest BCUT2D eigenvalue weighted by Gasteiger charge is -2.35. The Labute approximate surface area is 184 Å². The summed E-state index contributed by atoms with van der Waals surface area (Å²) >= 11 is 0. The fourth-order valence-corrected chi connectivity index (χ4v) is 3.96. The second-order valence-electron chi connectivity index (χ2n) is 9.18. The van der Waals surface area contributed by atoms with Crippen molar-refractivity contribution in [3.05, 3.63) is 29.3 Å². The number of rotatable bonds is 5. The Morgan fingerprint density at radius 1 is 1.06 bits per heavy atom. The van der Waals surface area contributed by atoms with Crippen LogP contribution in [-0.4, -0.2) is 79.1 Å². The fraction of sp³-hybridized carbons (Fsp3) is 0.609. The molecule has 0 unspecified atom stereocenters. The Hall–Kier alpha value is -2.61. The number of fused-ring (bicyclic) bond motifs is 1. The quantitative estimate of drug-likeness (QED) is 0.725. The van der Waals surface area contributed by atoms with Crippen molar-refractivity contribution in [3.8, 4) is 0 Å². The minimum atomic E-state index is -0.474. The van der Waals surface area contributed by atoms with Gasteiger partial charge in [0.25, 0.3) is 5.91 Å². The van der Waals surface area contributed by atoms with E-state index in [9.17, 15) is 14.4 Å². The molecule has 1 fully saturated rings. The second kappa shape index (κ2) is 9.68. The zero-order valence-corrected chi connectivity index (χ0v) is 19.1. The summed E-state index contributed by atoms with van der Waals surface area (Å²) in [6, 6.07) is 5.54. The number of ether oxygens (including phenoxy) is 1. The summed E-state index contributed by atoms with van der Waals surface area (Å²) in [5, 5.41) is 2.99. The van der Waals surface area contributed by atoms with E-state index in [0.717, 1.165) is 43.7 Å². The molecule has 1 N–H and O–H groups in total. The van der Waals surface area contributed by atoms with E-state index in [-0.39, 0.29) is 17.9 Å². The van der Waals surface area contributed by atoms with Gasteiger partial charge in [-0.25, -0.2) is 4.79 Å². The Bertz CT molecular complexity index is 825. The highest BCUT2D eigenvalue weighted by molar-refractivity contribution is 5.97. The van der Waals surface area contributed by atoms with E-state index < -0.39 is 5.60 Å². The average Bonchev–Trinajstić information content (AvgIpc) is 3.13. The van der Waals surface area contributed by atoms with Gasteiger partial charge < -0.3 is 19.9 Å². The van der Waals surface area contributed by atoms with Crippen molar-refractivity contribution >= 4 is 23.6 Å². The first-order valence-electron chi connectivity index (χ1n) is 11.0. The van der Waals surface area contributed by atoms with Gasteiger partial charge in [0.1, 0.15) is 5.60 Å². The predicted octanol–water partition coefficient (Wildman–Crippen LogP) is 2.27. The second-order valence-corrected chi connectivity index (χ2v) is 9.18. The van der Waals surface area contributed by atoms with E-state index >= 15 is 0 Å². The topological polar surface area (TPSA) is 82.2 Å². The van der Waals surface area contributed by atoms with Gasteiger partial charge >= 0.3 is 6.09 Å².